The lowest BCUT2D eigenvalue weighted by molar-refractivity contribution is 0.104. The van der Waals surface area contributed by atoms with Crippen molar-refractivity contribution in [2.24, 2.45) is 0 Å². The minimum absolute atomic E-state index is 0.326. The highest BCUT2D eigenvalue weighted by molar-refractivity contribution is 5.26. The van der Waals surface area contributed by atoms with Gasteiger partial charge in [-0.2, -0.15) is 5.10 Å². The van der Waals surface area contributed by atoms with E-state index in [0.29, 0.717) is 5.92 Å². The average Bonchev–Trinajstić information content (AvgIpc) is 3.10. The smallest absolute Gasteiger partial charge is 0.138 e. The second kappa shape index (κ2) is 6.84. The summed E-state index contributed by atoms with van der Waals surface area (Å²) >= 11 is 0. The van der Waals surface area contributed by atoms with Gasteiger partial charge >= 0.3 is 0 Å². The zero-order valence-corrected chi connectivity index (χ0v) is 14.5. The minimum atomic E-state index is 0.326. The molecule has 1 aliphatic heterocycles. The molecular formula is C17H26N4O2. The first-order chi connectivity index (χ1) is 11.1. The Morgan fingerprint density at radius 1 is 1.35 bits per heavy atom. The molecule has 1 aliphatic rings. The summed E-state index contributed by atoms with van der Waals surface area (Å²) in [6.45, 7) is 13.3. The van der Waals surface area contributed by atoms with E-state index in [9.17, 15) is 0 Å². The average molecular weight is 318 g/mol. The molecule has 0 unspecified atom stereocenters. The molecular weight excluding hydrogens is 292 g/mol. The molecule has 0 radical (unpaired) electrons. The van der Waals surface area contributed by atoms with Gasteiger partial charge in [0.15, 0.2) is 0 Å². The van der Waals surface area contributed by atoms with Crippen LogP contribution in [0.4, 0.5) is 0 Å². The van der Waals surface area contributed by atoms with Gasteiger partial charge in [-0.05, 0) is 27.7 Å². The molecule has 6 heteroatoms. The molecule has 0 bridgehead atoms. The highest BCUT2D eigenvalue weighted by atomic mass is 16.5. The van der Waals surface area contributed by atoms with E-state index in [1.807, 2.05) is 25.5 Å². The Labute approximate surface area is 137 Å². The van der Waals surface area contributed by atoms with Crippen LogP contribution in [0.2, 0.25) is 0 Å². The number of aryl methyl sites for hydroxylation is 3. The summed E-state index contributed by atoms with van der Waals surface area (Å²) in [7, 11) is 0. The molecule has 2 aromatic rings. The highest BCUT2D eigenvalue weighted by Gasteiger charge is 2.29. The van der Waals surface area contributed by atoms with Gasteiger partial charge in [-0.25, -0.2) is 0 Å². The fourth-order valence-electron chi connectivity index (χ4n) is 3.27. The maximum Gasteiger partial charge on any atom is 0.138 e. The summed E-state index contributed by atoms with van der Waals surface area (Å²) in [5.74, 6) is 1.24. The molecule has 0 N–H and O–H groups in total. The Bertz CT molecular complexity index is 642. The van der Waals surface area contributed by atoms with E-state index in [-0.39, 0.29) is 0 Å². The number of hydrogen-bond acceptors (Lipinski definition) is 5. The first-order valence-corrected chi connectivity index (χ1v) is 8.40. The van der Waals surface area contributed by atoms with E-state index in [0.717, 1.165) is 50.8 Å². The number of rotatable bonds is 6. The normalized spacial score (nSPS) is 18.3. The van der Waals surface area contributed by atoms with Crippen LogP contribution in [0, 0.1) is 13.8 Å². The molecule has 0 saturated heterocycles. The summed E-state index contributed by atoms with van der Waals surface area (Å²) in [5, 5.41) is 8.82. The lowest BCUT2D eigenvalue weighted by Gasteiger charge is -2.31. The molecule has 0 spiro atoms. The molecule has 1 atom stereocenters. The largest absolute Gasteiger partial charge is 0.381 e. The van der Waals surface area contributed by atoms with Gasteiger partial charge in [0.1, 0.15) is 5.76 Å². The van der Waals surface area contributed by atoms with Gasteiger partial charge < -0.3 is 9.26 Å². The van der Waals surface area contributed by atoms with Crippen LogP contribution in [-0.2, 0) is 24.4 Å². The molecule has 2 aromatic heterocycles. The second-order valence-electron chi connectivity index (χ2n) is 6.22. The number of hydrogen-bond donors (Lipinski definition) is 0. The van der Waals surface area contributed by atoms with Crippen molar-refractivity contribution >= 4 is 0 Å². The van der Waals surface area contributed by atoms with Crippen molar-refractivity contribution in [3.05, 3.63) is 34.5 Å². The van der Waals surface area contributed by atoms with E-state index in [1.165, 1.54) is 16.8 Å². The number of aromatic nitrogens is 3. The third kappa shape index (κ3) is 3.33. The van der Waals surface area contributed by atoms with E-state index in [1.54, 1.807) is 0 Å². The van der Waals surface area contributed by atoms with Crippen molar-refractivity contribution in [1.82, 2.24) is 19.8 Å². The fraction of sp³-hybridized carbons (Fsp3) is 0.647. The van der Waals surface area contributed by atoms with Crippen LogP contribution in [0.1, 0.15) is 48.0 Å². The van der Waals surface area contributed by atoms with Crippen LogP contribution < -0.4 is 0 Å². The topological polar surface area (TPSA) is 56.3 Å². The molecule has 0 fully saturated rings. The summed E-state index contributed by atoms with van der Waals surface area (Å²) in [6.07, 6.45) is 2.17. The van der Waals surface area contributed by atoms with Crippen molar-refractivity contribution in [1.29, 1.82) is 0 Å². The molecule has 0 amide bonds. The Kier molecular flexibility index (Phi) is 4.82. The third-order valence-corrected chi connectivity index (χ3v) is 4.54. The number of nitrogens with zero attached hydrogens (tertiary/aromatic N) is 4. The van der Waals surface area contributed by atoms with Gasteiger partial charge in [0.2, 0.25) is 0 Å². The van der Waals surface area contributed by atoms with Crippen LogP contribution in [0.3, 0.4) is 0 Å². The predicted molar refractivity (Wildman–Crippen MR) is 87.2 cm³/mol. The second-order valence-corrected chi connectivity index (χ2v) is 6.22. The minimum Gasteiger partial charge on any atom is -0.381 e. The lowest BCUT2D eigenvalue weighted by Crippen LogP contribution is -2.35. The Balaban J connectivity index is 1.81. The van der Waals surface area contributed by atoms with Gasteiger partial charge in [-0.1, -0.05) is 5.16 Å². The van der Waals surface area contributed by atoms with Crippen LogP contribution in [0.5, 0.6) is 0 Å². The zero-order chi connectivity index (χ0) is 16.4. The number of fused-ring (bicyclic) bond motifs is 1. The van der Waals surface area contributed by atoms with Crippen LogP contribution in [0.25, 0.3) is 0 Å². The first kappa shape index (κ1) is 16.2. The monoisotopic (exact) mass is 318 g/mol. The first-order valence-electron chi connectivity index (χ1n) is 8.40. The van der Waals surface area contributed by atoms with Crippen LogP contribution in [0.15, 0.2) is 10.7 Å². The van der Waals surface area contributed by atoms with E-state index < -0.39 is 0 Å². The maximum absolute atomic E-state index is 5.70. The molecule has 126 valence electrons. The van der Waals surface area contributed by atoms with Crippen LogP contribution >= 0.6 is 0 Å². The maximum atomic E-state index is 5.70. The quantitative estimate of drug-likeness (QED) is 0.819. The lowest BCUT2D eigenvalue weighted by atomic mass is 9.96. The molecule has 6 nitrogen and oxygen atoms in total. The molecule has 3 rings (SSSR count). The van der Waals surface area contributed by atoms with Crippen LogP contribution in [-0.4, -0.2) is 39.6 Å². The zero-order valence-electron chi connectivity index (χ0n) is 14.5. The van der Waals surface area contributed by atoms with Crippen molar-refractivity contribution < 1.29 is 9.26 Å². The van der Waals surface area contributed by atoms with E-state index in [4.69, 9.17) is 14.4 Å². The molecule has 23 heavy (non-hydrogen) atoms. The van der Waals surface area contributed by atoms with Gasteiger partial charge in [-0.3, -0.25) is 9.58 Å². The van der Waals surface area contributed by atoms with Gasteiger partial charge in [0.25, 0.3) is 0 Å². The van der Waals surface area contributed by atoms with E-state index >= 15 is 0 Å². The Hall–Kier alpha value is -1.66. The summed E-state index contributed by atoms with van der Waals surface area (Å²) in [5.41, 5.74) is 4.70. The highest BCUT2D eigenvalue weighted by Crippen LogP contribution is 2.29. The van der Waals surface area contributed by atoms with Gasteiger partial charge in [0, 0.05) is 56.0 Å². The Morgan fingerprint density at radius 2 is 2.17 bits per heavy atom. The molecule has 3 heterocycles. The molecule has 0 aliphatic carbocycles. The SMILES string of the molecule is CCOC[C@@H]1CN(Cc2c(C)noc2C)Cc2cn(CC)nc21. The Morgan fingerprint density at radius 3 is 2.83 bits per heavy atom. The summed E-state index contributed by atoms with van der Waals surface area (Å²) in [6, 6.07) is 0. The molecule has 0 aromatic carbocycles. The van der Waals surface area contributed by atoms with Gasteiger partial charge in [0.05, 0.1) is 18.0 Å². The summed E-state index contributed by atoms with van der Waals surface area (Å²) < 4.78 is 13.0. The van der Waals surface area contributed by atoms with Crippen molar-refractivity contribution in [2.45, 2.75) is 53.2 Å². The fourth-order valence-corrected chi connectivity index (χ4v) is 3.27. The standard InChI is InChI=1S/C17H26N4O2/c1-5-21-9-14-7-20(10-16-12(3)19-23-13(16)4)8-15(11-22-6-2)17(14)18-21/h9,15H,5-8,10-11H2,1-4H3/t15-/m0/s1. The van der Waals surface area contributed by atoms with Crippen molar-refractivity contribution in [3.63, 3.8) is 0 Å². The van der Waals surface area contributed by atoms with Gasteiger partial charge in [-0.15, -0.1) is 0 Å². The molecule has 0 saturated carbocycles. The summed E-state index contributed by atoms with van der Waals surface area (Å²) in [4.78, 5) is 2.44. The third-order valence-electron chi connectivity index (χ3n) is 4.54. The number of ether oxygens (including phenoxy) is 1. The predicted octanol–water partition coefficient (Wildman–Crippen LogP) is 2.64. The van der Waals surface area contributed by atoms with E-state index in [2.05, 4.69) is 23.2 Å². The van der Waals surface area contributed by atoms with Crippen molar-refractivity contribution in [2.75, 3.05) is 19.8 Å². The van der Waals surface area contributed by atoms with Crippen molar-refractivity contribution in [3.8, 4) is 0 Å².